The summed E-state index contributed by atoms with van der Waals surface area (Å²) in [4.78, 5) is 15.9. The molecule has 0 aliphatic rings. The standard InChI is InChI=1S/C14H14ClN3O3S/c1-8-17-10(7-22-8)5-13(19)18-16-6-9-3-11(15)14(20)12(4-9)21-2/h3-4,6-7,20H,5H2,1-2H3,(H,18,19)/b16-6+. The van der Waals surface area contributed by atoms with Crippen molar-refractivity contribution in [1.29, 1.82) is 0 Å². The van der Waals surface area contributed by atoms with Crippen LogP contribution in [0.3, 0.4) is 0 Å². The van der Waals surface area contributed by atoms with Crippen LogP contribution < -0.4 is 10.2 Å². The van der Waals surface area contributed by atoms with Gasteiger partial charge in [0.25, 0.3) is 0 Å². The van der Waals surface area contributed by atoms with Crippen LogP contribution in [0.15, 0.2) is 22.6 Å². The molecular formula is C14H14ClN3O3S. The Morgan fingerprint density at radius 3 is 3.00 bits per heavy atom. The number of carbonyl (C=O) groups is 1. The summed E-state index contributed by atoms with van der Waals surface area (Å²) >= 11 is 7.36. The number of carbonyl (C=O) groups excluding carboxylic acids is 1. The number of amides is 1. The number of halogens is 1. The van der Waals surface area contributed by atoms with Crippen LogP contribution in [0.4, 0.5) is 0 Å². The van der Waals surface area contributed by atoms with E-state index in [0.29, 0.717) is 11.3 Å². The van der Waals surface area contributed by atoms with Gasteiger partial charge in [-0.1, -0.05) is 11.6 Å². The first-order valence-corrected chi connectivity index (χ1v) is 7.54. The number of phenols is 1. The number of benzene rings is 1. The Morgan fingerprint density at radius 1 is 1.59 bits per heavy atom. The molecule has 2 aromatic rings. The highest BCUT2D eigenvalue weighted by Gasteiger charge is 2.08. The summed E-state index contributed by atoms with van der Waals surface area (Å²) in [6, 6.07) is 3.07. The molecule has 1 heterocycles. The number of nitrogens with one attached hydrogen (secondary N) is 1. The van der Waals surface area contributed by atoms with Gasteiger partial charge in [-0.25, -0.2) is 10.4 Å². The second kappa shape index (κ2) is 7.24. The van der Waals surface area contributed by atoms with E-state index in [1.165, 1.54) is 30.7 Å². The highest BCUT2D eigenvalue weighted by molar-refractivity contribution is 7.09. The Labute approximate surface area is 136 Å². The minimum atomic E-state index is -0.265. The number of hydrogen-bond donors (Lipinski definition) is 2. The van der Waals surface area contributed by atoms with Crippen LogP contribution in [0.25, 0.3) is 0 Å². The zero-order chi connectivity index (χ0) is 16.1. The normalized spacial score (nSPS) is 10.9. The lowest BCUT2D eigenvalue weighted by atomic mass is 10.2. The van der Waals surface area contributed by atoms with Crippen molar-refractivity contribution in [3.8, 4) is 11.5 Å². The van der Waals surface area contributed by atoms with Gasteiger partial charge in [0.1, 0.15) is 0 Å². The molecule has 1 aromatic heterocycles. The van der Waals surface area contributed by atoms with E-state index in [2.05, 4.69) is 15.5 Å². The number of ether oxygens (including phenoxy) is 1. The number of hydrogen-bond acceptors (Lipinski definition) is 6. The number of methoxy groups -OCH3 is 1. The lowest BCUT2D eigenvalue weighted by molar-refractivity contribution is -0.120. The topological polar surface area (TPSA) is 83.8 Å². The fourth-order valence-electron chi connectivity index (χ4n) is 1.70. The minimum Gasteiger partial charge on any atom is -0.503 e. The highest BCUT2D eigenvalue weighted by atomic mass is 35.5. The SMILES string of the molecule is COc1cc(/C=N/NC(=O)Cc2csc(C)n2)cc(Cl)c1O. The molecule has 2 N–H and O–H groups in total. The van der Waals surface area contributed by atoms with Gasteiger partial charge in [-0.2, -0.15) is 5.10 Å². The van der Waals surface area contributed by atoms with E-state index in [1.54, 1.807) is 6.07 Å². The van der Waals surface area contributed by atoms with Crippen molar-refractivity contribution in [1.82, 2.24) is 10.4 Å². The van der Waals surface area contributed by atoms with E-state index in [9.17, 15) is 9.90 Å². The molecule has 8 heteroatoms. The number of aryl methyl sites for hydroxylation is 1. The molecule has 0 unspecified atom stereocenters. The highest BCUT2D eigenvalue weighted by Crippen LogP contribution is 2.34. The van der Waals surface area contributed by atoms with E-state index in [-0.39, 0.29) is 28.8 Å². The lowest BCUT2D eigenvalue weighted by Gasteiger charge is -2.05. The van der Waals surface area contributed by atoms with Gasteiger partial charge in [0.05, 0.1) is 35.5 Å². The van der Waals surface area contributed by atoms with E-state index < -0.39 is 0 Å². The number of hydrazone groups is 1. The van der Waals surface area contributed by atoms with Crippen LogP contribution in [-0.4, -0.2) is 29.3 Å². The second-order valence-corrected chi connectivity index (χ2v) is 5.85. The predicted octanol–water partition coefficient (Wildman–Crippen LogP) is 2.51. The van der Waals surface area contributed by atoms with Crippen LogP contribution in [-0.2, 0) is 11.2 Å². The molecule has 2 rings (SSSR count). The van der Waals surface area contributed by atoms with E-state index in [0.717, 1.165) is 5.01 Å². The summed E-state index contributed by atoms with van der Waals surface area (Å²) in [6.07, 6.45) is 1.58. The molecule has 116 valence electrons. The van der Waals surface area contributed by atoms with Crippen molar-refractivity contribution in [3.05, 3.63) is 38.8 Å². The zero-order valence-corrected chi connectivity index (χ0v) is 13.5. The number of aromatic hydroxyl groups is 1. The number of nitrogens with zero attached hydrogens (tertiary/aromatic N) is 2. The maximum Gasteiger partial charge on any atom is 0.246 e. The first-order chi connectivity index (χ1) is 10.5. The van der Waals surface area contributed by atoms with Crippen LogP contribution in [0, 0.1) is 6.92 Å². The fraction of sp³-hybridized carbons (Fsp3) is 0.214. The van der Waals surface area contributed by atoms with Gasteiger partial charge in [0.15, 0.2) is 11.5 Å². The third-order valence-corrected chi connectivity index (χ3v) is 3.79. The van der Waals surface area contributed by atoms with Gasteiger partial charge in [-0.3, -0.25) is 4.79 Å². The molecule has 1 amide bonds. The zero-order valence-electron chi connectivity index (χ0n) is 12.0. The van der Waals surface area contributed by atoms with Crippen molar-refractivity contribution < 1.29 is 14.6 Å². The number of thiazole rings is 1. The number of phenolic OH excluding ortho intramolecular Hbond substituents is 1. The molecule has 0 aliphatic heterocycles. The van der Waals surface area contributed by atoms with E-state index >= 15 is 0 Å². The smallest absolute Gasteiger partial charge is 0.246 e. The first-order valence-electron chi connectivity index (χ1n) is 6.29. The first kappa shape index (κ1) is 16.3. The summed E-state index contributed by atoms with van der Waals surface area (Å²) in [5.74, 6) is -0.166. The van der Waals surface area contributed by atoms with E-state index in [1.807, 2.05) is 12.3 Å². The summed E-state index contributed by atoms with van der Waals surface area (Å²) in [6.45, 7) is 1.88. The van der Waals surface area contributed by atoms with Gasteiger partial charge in [-0.15, -0.1) is 11.3 Å². The molecule has 0 atom stereocenters. The van der Waals surface area contributed by atoms with Crippen molar-refractivity contribution in [3.63, 3.8) is 0 Å². The Morgan fingerprint density at radius 2 is 2.36 bits per heavy atom. The maximum absolute atomic E-state index is 11.7. The Bertz CT molecular complexity index is 715. The quantitative estimate of drug-likeness (QED) is 0.647. The molecule has 1 aromatic carbocycles. The van der Waals surface area contributed by atoms with Crippen molar-refractivity contribution >= 4 is 35.1 Å². The van der Waals surface area contributed by atoms with E-state index in [4.69, 9.17) is 16.3 Å². The molecule has 0 fully saturated rings. The summed E-state index contributed by atoms with van der Waals surface area (Å²) < 4.78 is 4.98. The largest absolute Gasteiger partial charge is 0.503 e. The second-order valence-electron chi connectivity index (χ2n) is 4.38. The van der Waals surface area contributed by atoms with Crippen molar-refractivity contribution in [2.75, 3.05) is 7.11 Å². The molecule has 0 radical (unpaired) electrons. The molecule has 0 saturated carbocycles. The Balaban J connectivity index is 1.97. The molecule has 22 heavy (non-hydrogen) atoms. The average Bonchev–Trinajstić information content (AvgIpc) is 2.87. The minimum absolute atomic E-state index is 0.135. The van der Waals surface area contributed by atoms with Crippen molar-refractivity contribution in [2.24, 2.45) is 5.10 Å². The number of aromatic nitrogens is 1. The third-order valence-electron chi connectivity index (χ3n) is 2.68. The third kappa shape index (κ3) is 4.19. The van der Waals surface area contributed by atoms with Crippen LogP contribution in [0.5, 0.6) is 11.5 Å². The van der Waals surface area contributed by atoms with Gasteiger partial charge in [0.2, 0.25) is 5.91 Å². The fourth-order valence-corrected chi connectivity index (χ4v) is 2.53. The lowest BCUT2D eigenvalue weighted by Crippen LogP contribution is -2.19. The molecule has 0 saturated heterocycles. The molecule has 0 aliphatic carbocycles. The average molecular weight is 340 g/mol. The van der Waals surface area contributed by atoms with Crippen LogP contribution >= 0.6 is 22.9 Å². The Hall–Kier alpha value is -2.12. The maximum atomic E-state index is 11.7. The molecular weight excluding hydrogens is 326 g/mol. The van der Waals surface area contributed by atoms with Crippen molar-refractivity contribution in [2.45, 2.75) is 13.3 Å². The molecule has 6 nitrogen and oxygen atoms in total. The summed E-state index contributed by atoms with van der Waals surface area (Å²) in [5, 5.41) is 16.4. The van der Waals surface area contributed by atoms with Crippen LogP contribution in [0.1, 0.15) is 16.3 Å². The van der Waals surface area contributed by atoms with Gasteiger partial charge in [-0.05, 0) is 24.6 Å². The van der Waals surface area contributed by atoms with Crippen LogP contribution in [0.2, 0.25) is 5.02 Å². The van der Waals surface area contributed by atoms with Gasteiger partial charge in [0, 0.05) is 5.38 Å². The Kier molecular flexibility index (Phi) is 5.35. The predicted molar refractivity (Wildman–Crippen MR) is 86.0 cm³/mol. The summed E-state index contributed by atoms with van der Waals surface area (Å²) in [5.41, 5.74) is 3.71. The molecule has 0 spiro atoms. The number of rotatable bonds is 5. The monoisotopic (exact) mass is 339 g/mol. The summed E-state index contributed by atoms with van der Waals surface area (Å²) in [7, 11) is 1.42. The van der Waals surface area contributed by atoms with Gasteiger partial charge < -0.3 is 9.84 Å². The molecule has 0 bridgehead atoms. The van der Waals surface area contributed by atoms with Gasteiger partial charge >= 0.3 is 0 Å².